The molecule has 0 amide bonds. The molecule has 1 aliphatic rings. The lowest BCUT2D eigenvalue weighted by Gasteiger charge is -2.17. The van der Waals surface area contributed by atoms with Crippen LogP contribution in [0.3, 0.4) is 0 Å². The van der Waals surface area contributed by atoms with Gasteiger partial charge in [-0.2, -0.15) is 0 Å². The van der Waals surface area contributed by atoms with Crippen LogP contribution in [0.5, 0.6) is 0 Å². The maximum atomic E-state index is 6.08. The second kappa shape index (κ2) is 6.25. The van der Waals surface area contributed by atoms with Crippen molar-refractivity contribution >= 4 is 17.3 Å². The average Bonchev–Trinajstić information content (AvgIpc) is 2.90. The Morgan fingerprint density at radius 3 is 2.85 bits per heavy atom. The number of aromatic nitrogens is 1. The highest BCUT2D eigenvalue weighted by molar-refractivity contribution is 6.31. The summed E-state index contributed by atoms with van der Waals surface area (Å²) in [7, 11) is 0. The number of nitrogens with zero attached hydrogens (tertiary/aromatic N) is 2. The molecule has 1 aromatic heterocycles. The van der Waals surface area contributed by atoms with Gasteiger partial charge in [-0.25, -0.2) is 4.98 Å². The standard InChI is InChI=1S/C16H18ClN3/c17-16-15(7-4-9-18-16)19-14-8-10-20(12-14)11-13-5-2-1-3-6-13/h1-7,9,14,19H,8,10-12H2. The lowest BCUT2D eigenvalue weighted by atomic mass is 10.2. The SMILES string of the molecule is Clc1ncccc1NC1CCN(Cc2ccccc2)C1. The minimum absolute atomic E-state index is 0.445. The molecule has 2 aromatic rings. The zero-order valence-electron chi connectivity index (χ0n) is 11.3. The molecular weight excluding hydrogens is 270 g/mol. The molecule has 1 fully saturated rings. The van der Waals surface area contributed by atoms with Crippen LogP contribution in [0.1, 0.15) is 12.0 Å². The number of pyridine rings is 1. The fourth-order valence-corrected chi connectivity index (χ4v) is 2.82. The highest BCUT2D eigenvalue weighted by Gasteiger charge is 2.22. The lowest BCUT2D eigenvalue weighted by Crippen LogP contribution is -2.26. The zero-order valence-corrected chi connectivity index (χ0v) is 12.1. The number of nitrogens with one attached hydrogen (secondary N) is 1. The van der Waals surface area contributed by atoms with E-state index in [0.717, 1.165) is 31.7 Å². The van der Waals surface area contributed by atoms with Gasteiger partial charge in [0.25, 0.3) is 0 Å². The van der Waals surface area contributed by atoms with Crippen LogP contribution in [0.25, 0.3) is 0 Å². The number of anilines is 1. The Kier molecular flexibility index (Phi) is 4.19. The summed E-state index contributed by atoms with van der Waals surface area (Å²) < 4.78 is 0. The van der Waals surface area contributed by atoms with Crippen LogP contribution in [0.4, 0.5) is 5.69 Å². The summed E-state index contributed by atoms with van der Waals surface area (Å²) in [4.78, 5) is 6.57. The minimum Gasteiger partial charge on any atom is -0.378 e. The van der Waals surface area contributed by atoms with Gasteiger partial charge in [-0.15, -0.1) is 0 Å². The van der Waals surface area contributed by atoms with E-state index in [0.29, 0.717) is 11.2 Å². The highest BCUT2D eigenvalue weighted by atomic mass is 35.5. The molecule has 0 saturated carbocycles. The van der Waals surface area contributed by atoms with Crippen molar-refractivity contribution in [1.82, 2.24) is 9.88 Å². The molecule has 0 bridgehead atoms. The van der Waals surface area contributed by atoms with E-state index in [-0.39, 0.29) is 0 Å². The van der Waals surface area contributed by atoms with Gasteiger partial charge in [0.1, 0.15) is 0 Å². The monoisotopic (exact) mass is 287 g/mol. The Balaban J connectivity index is 1.56. The fourth-order valence-electron chi connectivity index (χ4n) is 2.65. The number of hydrogen-bond acceptors (Lipinski definition) is 3. The van der Waals surface area contributed by atoms with Crippen molar-refractivity contribution in [3.05, 3.63) is 59.4 Å². The molecule has 2 heterocycles. The van der Waals surface area contributed by atoms with E-state index in [1.165, 1.54) is 5.56 Å². The zero-order chi connectivity index (χ0) is 13.8. The number of likely N-dealkylation sites (tertiary alicyclic amines) is 1. The van der Waals surface area contributed by atoms with Gasteiger partial charge < -0.3 is 5.32 Å². The van der Waals surface area contributed by atoms with Crippen molar-refractivity contribution in [2.45, 2.75) is 19.0 Å². The molecule has 1 N–H and O–H groups in total. The molecule has 104 valence electrons. The fraction of sp³-hybridized carbons (Fsp3) is 0.312. The van der Waals surface area contributed by atoms with Gasteiger partial charge in [-0.3, -0.25) is 4.90 Å². The van der Waals surface area contributed by atoms with E-state index in [1.807, 2.05) is 12.1 Å². The van der Waals surface area contributed by atoms with Gasteiger partial charge in [0, 0.05) is 31.9 Å². The van der Waals surface area contributed by atoms with Crippen molar-refractivity contribution in [1.29, 1.82) is 0 Å². The largest absolute Gasteiger partial charge is 0.378 e. The molecule has 0 spiro atoms. The Labute approximate surface area is 124 Å². The maximum absolute atomic E-state index is 6.08. The van der Waals surface area contributed by atoms with Gasteiger partial charge in [0.2, 0.25) is 0 Å². The number of rotatable bonds is 4. The molecule has 1 atom stereocenters. The van der Waals surface area contributed by atoms with Crippen LogP contribution in [0.15, 0.2) is 48.7 Å². The molecule has 1 aliphatic heterocycles. The number of halogens is 1. The number of hydrogen-bond donors (Lipinski definition) is 1. The predicted octanol–water partition coefficient (Wildman–Crippen LogP) is 3.42. The summed E-state index contributed by atoms with van der Waals surface area (Å²) in [6.07, 6.45) is 2.85. The topological polar surface area (TPSA) is 28.2 Å². The second-order valence-electron chi connectivity index (χ2n) is 5.19. The van der Waals surface area contributed by atoms with Crippen molar-refractivity contribution in [3.8, 4) is 0 Å². The molecule has 3 rings (SSSR count). The normalized spacial score (nSPS) is 19.1. The molecule has 4 heteroatoms. The first-order valence-electron chi connectivity index (χ1n) is 6.94. The second-order valence-corrected chi connectivity index (χ2v) is 5.55. The van der Waals surface area contributed by atoms with Crippen LogP contribution in [0, 0.1) is 0 Å². The quantitative estimate of drug-likeness (QED) is 0.874. The van der Waals surface area contributed by atoms with Gasteiger partial charge in [-0.05, 0) is 24.1 Å². The molecule has 1 saturated heterocycles. The number of benzene rings is 1. The van der Waals surface area contributed by atoms with E-state index in [1.54, 1.807) is 6.20 Å². The molecule has 0 radical (unpaired) electrons. The van der Waals surface area contributed by atoms with E-state index in [2.05, 4.69) is 45.5 Å². The Bertz CT molecular complexity index is 559. The van der Waals surface area contributed by atoms with E-state index in [4.69, 9.17) is 11.6 Å². The summed E-state index contributed by atoms with van der Waals surface area (Å²) >= 11 is 6.08. The van der Waals surface area contributed by atoms with Crippen molar-refractivity contribution < 1.29 is 0 Å². The third-order valence-electron chi connectivity index (χ3n) is 3.64. The van der Waals surface area contributed by atoms with E-state index < -0.39 is 0 Å². The Morgan fingerprint density at radius 2 is 2.05 bits per heavy atom. The lowest BCUT2D eigenvalue weighted by molar-refractivity contribution is 0.328. The van der Waals surface area contributed by atoms with Crippen LogP contribution in [-0.4, -0.2) is 29.0 Å². The van der Waals surface area contributed by atoms with E-state index in [9.17, 15) is 0 Å². The molecule has 3 nitrogen and oxygen atoms in total. The van der Waals surface area contributed by atoms with Crippen LogP contribution in [0.2, 0.25) is 5.15 Å². The summed E-state index contributed by atoms with van der Waals surface area (Å²) in [5.74, 6) is 0. The van der Waals surface area contributed by atoms with Gasteiger partial charge in [0.05, 0.1) is 5.69 Å². The molecule has 1 aromatic carbocycles. The van der Waals surface area contributed by atoms with Gasteiger partial charge >= 0.3 is 0 Å². The van der Waals surface area contributed by atoms with Crippen molar-refractivity contribution in [2.75, 3.05) is 18.4 Å². The predicted molar refractivity (Wildman–Crippen MR) is 83.0 cm³/mol. The Morgan fingerprint density at radius 1 is 1.20 bits per heavy atom. The molecular formula is C16H18ClN3. The van der Waals surface area contributed by atoms with Crippen molar-refractivity contribution in [3.63, 3.8) is 0 Å². The van der Waals surface area contributed by atoms with Crippen molar-refractivity contribution in [2.24, 2.45) is 0 Å². The first-order valence-corrected chi connectivity index (χ1v) is 7.32. The third kappa shape index (κ3) is 3.30. The third-order valence-corrected chi connectivity index (χ3v) is 3.94. The highest BCUT2D eigenvalue weighted by Crippen LogP contribution is 2.22. The van der Waals surface area contributed by atoms with E-state index >= 15 is 0 Å². The van der Waals surface area contributed by atoms with Gasteiger partial charge in [0.15, 0.2) is 5.15 Å². The van der Waals surface area contributed by atoms with Gasteiger partial charge in [-0.1, -0.05) is 41.9 Å². The molecule has 0 aliphatic carbocycles. The minimum atomic E-state index is 0.445. The first kappa shape index (κ1) is 13.4. The first-order chi connectivity index (χ1) is 9.81. The van der Waals surface area contributed by atoms with Crippen LogP contribution < -0.4 is 5.32 Å². The van der Waals surface area contributed by atoms with Crippen LogP contribution >= 0.6 is 11.6 Å². The maximum Gasteiger partial charge on any atom is 0.152 e. The summed E-state index contributed by atoms with van der Waals surface area (Å²) in [5.41, 5.74) is 2.30. The Hall–Kier alpha value is -1.58. The average molecular weight is 288 g/mol. The summed E-state index contributed by atoms with van der Waals surface area (Å²) in [5, 5.41) is 4.04. The smallest absolute Gasteiger partial charge is 0.152 e. The summed E-state index contributed by atoms with van der Waals surface area (Å²) in [6.45, 7) is 3.17. The molecule has 20 heavy (non-hydrogen) atoms. The summed E-state index contributed by atoms with van der Waals surface area (Å²) in [6, 6.07) is 14.9. The van der Waals surface area contributed by atoms with Crippen LogP contribution in [-0.2, 0) is 6.54 Å². The molecule has 1 unspecified atom stereocenters.